The summed E-state index contributed by atoms with van der Waals surface area (Å²) in [6.07, 6.45) is 75.1. The zero-order valence-electron chi connectivity index (χ0n) is 54.6. The third-order valence-electron chi connectivity index (χ3n) is 16.6. The predicted octanol–water partition coefficient (Wildman–Crippen LogP) is 22.3. The van der Waals surface area contributed by atoms with Gasteiger partial charge in [-0.2, -0.15) is 0 Å². The largest absolute Gasteiger partial charge is 0.756 e. The van der Waals surface area contributed by atoms with Gasteiger partial charge >= 0.3 is 11.9 Å². The Morgan fingerprint density at radius 3 is 0.800 bits per heavy atom. The van der Waals surface area contributed by atoms with E-state index in [0.29, 0.717) is 17.4 Å². The van der Waals surface area contributed by atoms with Gasteiger partial charge in [-0.1, -0.05) is 361 Å². The molecule has 80 heavy (non-hydrogen) atoms. The lowest BCUT2D eigenvalue weighted by atomic mass is 10.0. The molecule has 0 bridgehead atoms. The number of carbonyl (C=O) groups excluding carboxylic acids is 2. The van der Waals surface area contributed by atoms with Crippen molar-refractivity contribution in [2.24, 2.45) is 0 Å². The van der Waals surface area contributed by atoms with E-state index in [4.69, 9.17) is 18.5 Å². The second-order valence-corrected chi connectivity index (χ2v) is 27.4. The van der Waals surface area contributed by atoms with Crippen molar-refractivity contribution in [2.45, 2.75) is 392 Å². The van der Waals surface area contributed by atoms with E-state index in [1.165, 1.54) is 321 Å². The molecule has 0 radical (unpaired) electrons. The number of likely N-dealkylation sites (N-methyl/N-ethyl adjacent to an activating group) is 1. The first-order valence-corrected chi connectivity index (χ1v) is 37.2. The average Bonchev–Trinajstić information content (AvgIpc) is 3.42. The SMILES string of the molecule is CCCCCCCCCCCCCCCCCCCCCCCCCCCCCCCCCCCCCCCCCCC(=O)OC(COC(=O)CCCCCCCCCCCCCCCCCC)COP(=O)([O-])OCC[N+](C)(C)C. The van der Waals surface area contributed by atoms with Gasteiger partial charge in [0.25, 0.3) is 7.82 Å². The van der Waals surface area contributed by atoms with Crippen molar-refractivity contribution < 1.29 is 42.1 Å². The van der Waals surface area contributed by atoms with E-state index in [1.54, 1.807) is 0 Å². The number of ether oxygens (including phenoxy) is 2. The number of unbranched alkanes of at least 4 members (excludes halogenated alkanes) is 54. The van der Waals surface area contributed by atoms with Crippen molar-refractivity contribution in [1.29, 1.82) is 0 Å². The molecule has 0 fully saturated rings. The van der Waals surface area contributed by atoms with Crippen LogP contribution in [-0.4, -0.2) is 70.0 Å². The van der Waals surface area contributed by atoms with Crippen LogP contribution in [0.3, 0.4) is 0 Å². The van der Waals surface area contributed by atoms with Crippen molar-refractivity contribution in [3.05, 3.63) is 0 Å². The summed E-state index contributed by atoms with van der Waals surface area (Å²) in [5.74, 6) is -0.807. The highest BCUT2D eigenvalue weighted by atomic mass is 31.2. The Kier molecular flexibility index (Phi) is 61.8. The number of hydrogen-bond acceptors (Lipinski definition) is 8. The first-order valence-electron chi connectivity index (χ1n) is 35.7. The third kappa shape index (κ3) is 66.2. The Labute approximate surface area is 499 Å². The Balaban J connectivity index is 3.82. The fraction of sp³-hybridized carbons (Fsp3) is 0.971. The van der Waals surface area contributed by atoms with Crippen LogP contribution >= 0.6 is 7.82 Å². The number of quaternary nitrogens is 1. The number of rotatable bonds is 68. The van der Waals surface area contributed by atoms with Crippen LogP contribution in [-0.2, 0) is 32.7 Å². The minimum Gasteiger partial charge on any atom is -0.756 e. The van der Waals surface area contributed by atoms with E-state index in [-0.39, 0.29) is 32.0 Å². The van der Waals surface area contributed by atoms with Crippen LogP contribution in [0, 0.1) is 0 Å². The molecule has 0 saturated carbocycles. The number of esters is 2. The molecule has 0 aromatic carbocycles. The topological polar surface area (TPSA) is 111 Å². The molecule has 0 aliphatic heterocycles. The van der Waals surface area contributed by atoms with Crippen molar-refractivity contribution >= 4 is 19.8 Å². The van der Waals surface area contributed by atoms with Gasteiger partial charge in [0.2, 0.25) is 0 Å². The summed E-state index contributed by atoms with van der Waals surface area (Å²) in [4.78, 5) is 37.9. The molecule has 9 nitrogen and oxygen atoms in total. The Morgan fingerprint density at radius 2 is 0.562 bits per heavy atom. The summed E-state index contributed by atoms with van der Waals surface area (Å²) in [6, 6.07) is 0. The van der Waals surface area contributed by atoms with Crippen molar-refractivity contribution in [2.75, 3.05) is 47.5 Å². The van der Waals surface area contributed by atoms with E-state index >= 15 is 0 Å². The number of carbonyl (C=O) groups is 2. The maximum absolute atomic E-state index is 12.8. The van der Waals surface area contributed by atoms with Crippen LogP contribution < -0.4 is 4.89 Å². The van der Waals surface area contributed by atoms with Gasteiger partial charge in [-0.15, -0.1) is 0 Å². The summed E-state index contributed by atoms with van der Waals surface area (Å²) < 4.78 is 34.3. The van der Waals surface area contributed by atoms with Gasteiger partial charge in [0.15, 0.2) is 6.10 Å². The lowest BCUT2D eigenvalue weighted by molar-refractivity contribution is -0.870. The summed E-state index contributed by atoms with van der Waals surface area (Å²) in [6.45, 7) is 4.32. The molecule has 2 unspecified atom stereocenters. The molecule has 478 valence electrons. The van der Waals surface area contributed by atoms with Crippen LogP contribution in [0.5, 0.6) is 0 Å². The molecule has 10 heteroatoms. The lowest BCUT2D eigenvalue weighted by Crippen LogP contribution is -2.37. The molecular weight excluding hydrogens is 1010 g/mol. The molecule has 0 heterocycles. The molecule has 0 saturated heterocycles. The summed E-state index contributed by atoms with van der Waals surface area (Å²) >= 11 is 0. The molecule has 0 spiro atoms. The van der Waals surface area contributed by atoms with Gasteiger partial charge in [-0.25, -0.2) is 0 Å². The van der Waals surface area contributed by atoms with Gasteiger partial charge in [-0.05, 0) is 12.8 Å². The second kappa shape index (κ2) is 62.5. The van der Waals surface area contributed by atoms with E-state index in [9.17, 15) is 19.0 Å². The highest BCUT2D eigenvalue weighted by Crippen LogP contribution is 2.38. The van der Waals surface area contributed by atoms with Gasteiger partial charge in [0.05, 0.1) is 27.7 Å². The fourth-order valence-electron chi connectivity index (χ4n) is 11.1. The van der Waals surface area contributed by atoms with Gasteiger partial charge in [0, 0.05) is 12.8 Å². The maximum atomic E-state index is 12.8. The summed E-state index contributed by atoms with van der Waals surface area (Å²) in [5, 5.41) is 0. The molecular formula is C70H140NO8P. The zero-order chi connectivity index (χ0) is 58.4. The highest BCUT2D eigenvalue weighted by Gasteiger charge is 2.22. The zero-order valence-corrected chi connectivity index (χ0v) is 55.5. The minimum atomic E-state index is -4.63. The van der Waals surface area contributed by atoms with Crippen molar-refractivity contribution in [3.63, 3.8) is 0 Å². The van der Waals surface area contributed by atoms with E-state index < -0.39 is 26.5 Å². The molecule has 0 aliphatic rings. The van der Waals surface area contributed by atoms with Gasteiger partial charge in [-0.3, -0.25) is 14.2 Å². The van der Waals surface area contributed by atoms with Crippen molar-refractivity contribution in [1.82, 2.24) is 0 Å². The number of phosphoric acid groups is 1. The third-order valence-corrected chi connectivity index (χ3v) is 17.6. The first-order chi connectivity index (χ1) is 39.0. The number of phosphoric ester groups is 1. The van der Waals surface area contributed by atoms with E-state index in [2.05, 4.69) is 13.8 Å². The summed E-state index contributed by atoms with van der Waals surface area (Å²) in [7, 11) is 1.19. The standard InChI is InChI=1S/C70H140NO8P/c1-6-8-10-12-14-16-18-20-22-24-25-26-27-28-29-30-31-32-33-34-35-36-37-38-39-40-41-42-43-44-45-46-47-49-51-53-55-57-59-61-63-70(73)79-68(67-78-80(74,75)77-65-64-71(3,4)5)66-76-69(72)62-60-58-56-54-52-50-48-23-21-19-17-15-13-11-9-7-2/h68H,6-67H2,1-5H3. The van der Waals surface area contributed by atoms with Gasteiger partial charge in [0.1, 0.15) is 19.8 Å². The van der Waals surface area contributed by atoms with E-state index in [0.717, 1.165) is 32.1 Å². The molecule has 0 rings (SSSR count). The highest BCUT2D eigenvalue weighted by molar-refractivity contribution is 7.45. The van der Waals surface area contributed by atoms with Crippen LogP contribution in [0.25, 0.3) is 0 Å². The molecule has 0 aromatic heterocycles. The Hall–Kier alpha value is -0.990. The second-order valence-electron chi connectivity index (χ2n) is 26.0. The predicted molar refractivity (Wildman–Crippen MR) is 342 cm³/mol. The molecule has 0 N–H and O–H groups in total. The molecule has 2 atom stereocenters. The van der Waals surface area contributed by atoms with Gasteiger partial charge < -0.3 is 27.9 Å². The molecule has 0 aromatic rings. The Morgan fingerprint density at radius 1 is 0.338 bits per heavy atom. The van der Waals surface area contributed by atoms with Crippen LogP contribution in [0.1, 0.15) is 386 Å². The Bertz CT molecular complexity index is 1310. The smallest absolute Gasteiger partial charge is 0.306 e. The van der Waals surface area contributed by atoms with Crippen LogP contribution in [0.4, 0.5) is 0 Å². The number of hydrogen-bond donors (Lipinski definition) is 0. The molecule has 0 amide bonds. The monoisotopic (exact) mass is 1150 g/mol. The normalized spacial score (nSPS) is 13.0. The quantitative estimate of drug-likeness (QED) is 0.0256. The van der Waals surface area contributed by atoms with E-state index in [1.807, 2.05) is 21.1 Å². The molecule has 0 aliphatic carbocycles. The lowest BCUT2D eigenvalue weighted by Gasteiger charge is -2.28. The van der Waals surface area contributed by atoms with Crippen molar-refractivity contribution in [3.8, 4) is 0 Å². The maximum Gasteiger partial charge on any atom is 0.306 e. The summed E-state index contributed by atoms with van der Waals surface area (Å²) in [5.41, 5.74) is 0. The number of nitrogens with zero attached hydrogens (tertiary/aromatic N) is 1. The average molecular weight is 1150 g/mol. The van der Waals surface area contributed by atoms with Crippen LogP contribution in [0.2, 0.25) is 0 Å². The fourth-order valence-corrected chi connectivity index (χ4v) is 11.9. The first kappa shape index (κ1) is 79.0. The van der Waals surface area contributed by atoms with Crippen LogP contribution in [0.15, 0.2) is 0 Å². The minimum absolute atomic E-state index is 0.0250.